The zero-order valence-corrected chi connectivity index (χ0v) is 9.40. The Labute approximate surface area is 95.1 Å². The zero-order valence-electron chi connectivity index (χ0n) is 9.40. The standard InChI is InChI=1S/C12H16N2O2/c1-9(13)12-4-2-3-10(14-12)7-16-11-5-6-15-8-11/h2-4,11,13H,5-8H2,1H3. The molecule has 4 heteroatoms. The molecule has 0 aliphatic carbocycles. The molecule has 1 aliphatic heterocycles. The SMILES string of the molecule is CC(=N)c1cccc(COC2CCOC2)n1. The second-order valence-electron chi connectivity index (χ2n) is 3.94. The average Bonchev–Trinajstić information content (AvgIpc) is 2.79. The van der Waals surface area contributed by atoms with Crippen molar-refractivity contribution in [3.05, 3.63) is 29.6 Å². The van der Waals surface area contributed by atoms with Gasteiger partial charge in [-0.3, -0.25) is 0 Å². The van der Waals surface area contributed by atoms with E-state index in [0.29, 0.717) is 24.6 Å². The number of rotatable bonds is 4. The lowest BCUT2D eigenvalue weighted by Crippen LogP contribution is -2.13. The number of nitrogens with one attached hydrogen (secondary N) is 1. The Kier molecular flexibility index (Phi) is 3.64. The van der Waals surface area contributed by atoms with E-state index in [2.05, 4.69) is 4.98 Å². The molecule has 1 aliphatic rings. The summed E-state index contributed by atoms with van der Waals surface area (Å²) < 4.78 is 10.9. The van der Waals surface area contributed by atoms with Gasteiger partial charge in [-0.05, 0) is 25.5 Å². The first-order chi connectivity index (χ1) is 7.75. The van der Waals surface area contributed by atoms with Gasteiger partial charge in [0.05, 0.1) is 36.4 Å². The van der Waals surface area contributed by atoms with Gasteiger partial charge in [-0.25, -0.2) is 4.98 Å². The van der Waals surface area contributed by atoms with Crippen molar-refractivity contribution < 1.29 is 9.47 Å². The first-order valence-corrected chi connectivity index (χ1v) is 5.46. The van der Waals surface area contributed by atoms with Crippen molar-refractivity contribution in [1.82, 2.24) is 4.98 Å². The number of nitrogens with zero attached hydrogens (tertiary/aromatic N) is 1. The summed E-state index contributed by atoms with van der Waals surface area (Å²) in [6.07, 6.45) is 1.16. The van der Waals surface area contributed by atoms with Gasteiger partial charge < -0.3 is 14.9 Å². The van der Waals surface area contributed by atoms with Crippen LogP contribution < -0.4 is 0 Å². The molecule has 1 atom stereocenters. The van der Waals surface area contributed by atoms with E-state index in [9.17, 15) is 0 Å². The Balaban J connectivity index is 1.93. The van der Waals surface area contributed by atoms with E-state index in [4.69, 9.17) is 14.9 Å². The van der Waals surface area contributed by atoms with Gasteiger partial charge in [0.25, 0.3) is 0 Å². The summed E-state index contributed by atoms with van der Waals surface area (Å²) in [4.78, 5) is 4.34. The maximum atomic E-state index is 7.51. The van der Waals surface area contributed by atoms with Gasteiger partial charge in [-0.1, -0.05) is 6.07 Å². The molecule has 1 fully saturated rings. The fraction of sp³-hybridized carbons (Fsp3) is 0.500. The minimum absolute atomic E-state index is 0.200. The van der Waals surface area contributed by atoms with E-state index in [1.54, 1.807) is 6.92 Å². The maximum Gasteiger partial charge on any atom is 0.0893 e. The summed E-state index contributed by atoms with van der Waals surface area (Å²) in [6, 6.07) is 5.66. The highest BCUT2D eigenvalue weighted by Gasteiger charge is 2.16. The summed E-state index contributed by atoms with van der Waals surface area (Å²) in [6.45, 7) is 3.70. The molecule has 1 saturated heterocycles. The summed E-state index contributed by atoms with van der Waals surface area (Å²) in [5.74, 6) is 0. The van der Waals surface area contributed by atoms with Gasteiger partial charge in [0.2, 0.25) is 0 Å². The molecule has 1 aromatic heterocycles. The number of ether oxygens (including phenoxy) is 2. The third-order valence-corrected chi connectivity index (χ3v) is 2.55. The molecule has 16 heavy (non-hydrogen) atoms. The van der Waals surface area contributed by atoms with Gasteiger partial charge >= 0.3 is 0 Å². The van der Waals surface area contributed by atoms with Crippen LogP contribution in [0.1, 0.15) is 24.7 Å². The number of hydrogen-bond donors (Lipinski definition) is 1. The molecule has 0 radical (unpaired) electrons. The van der Waals surface area contributed by atoms with Gasteiger partial charge in [0, 0.05) is 6.61 Å². The van der Waals surface area contributed by atoms with Crippen LogP contribution in [0.4, 0.5) is 0 Å². The topological polar surface area (TPSA) is 55.2 Å². The highest BCUT2D eigenvalue weighted by atomic mass is 16.5. The molecule has 1 aromatic rings. The predicted octanol–water partition coefficient (Wildman–Crippen LogP) is 1.77. The molecule has 86 valence electrons. The van der Waals surface area contributed by atoms with E-state index < -0.39 is 0 Å². The van der Waals surface area contributed by atoms with Crippen LogP contribution in [0, 0.1) is 5.41 Å². The summed E-state index contributed by atoms with van der Waals surface area (Å²) in [5, 5.41) is 7.51. The van der Waals surface area contributed by atoms with Gasteiger partial charge in [-0.2, -0.15) is 0 Å². The van der Waals surface area contributed by atoms with E-state index in [0.717, 1.165) is 18.7 Å². The third-order valence-electron chi connectivity index (χ3n) is 2.55. The van der Waals surface area contributed by atoms with Crippen molar-refractivity contribution in [3.8, 4) is 0 Å². The smallest absolute Gasteiger partial charge is 0.0893 e. The Hall–Kier alpha value is -1.26. The van der Waals surface area contributed by atoms with Crippen LogP contribution in [0.25, 0.3) is 0 Å². The molecule has 0 bridgehead atoms. The van der Waals surface area contributed by atoms with Crippen molar-refractivity contribution in [1.29, 1.82) is 5.41 Å². The molecule has 4 nitrogen and oxygen atoms in total. The lowest BCUT2D eigenvalue weighted by molar-refractivity contribution is 0.0301. The fourth-order valence-electron chi connectivity index (χ4n) is 1.62. The number of hydrogen-bond acceptors (Lipinski definition) is 4. The van der Waals surface area contributed by atoms with Crippen LogP contribution in [-0.4, -0.2) is 30.0 Å². The molecular formula is C12H16N2O2. The monoisotopic (exact) mass is 220 g/mol. The minimum atomic E-state index is 0.200. The zero-order chi connectivity index (χ0) is 11.4. The van der Waals surface area contributed by atoms with Crippen LogP contribution in [0.2, 0.25) is 0 Å². The number of aromatic nitrogens is 1. The van der Waals surface area contributed by atoms with Crippen molar-refractivity contribution in [2.45, 2.75) is 26.1 Å². The van der Waals surface area contributed by atoms with Gasteiger partial charge in [0.1, 0.15) is 0 Å². The van der Waals surface area contributed by atoms with E-state index in [1.807, 2.05) is 18.2 Å². The van der Waals surface area contributed by atoms with Crippen LogP contribution >= 0.6 is 0 Å². The van der Waals surface area contributed by atoms with Crippen LogP contribution in [0.15, 0.2) is 18.2 Å². The fourth-order valence-corrected chi connectivity index (χ4v) is 1.62. The quantitative estimate of drug-likeness (QED) is 0.787. The second kappa shape index (κ2) is 5.18. The highest BCUT2D eigenvalue weighted by Crippen LogP contribution is 2.11. The Bertz CT molecular complexity index is 373. The first kappa shape index (κ1) is 11.2. The molecule has 2 rings (SSSR count). The largest absolute Gasteiger partial charge is 0.379 e. The van der Waals surface area contributed by atoms with Crippen LogP contribution in [0.3, 0.4) is 0 Å². The lowest BCUT2D eigenvalue weighted by Gasteiger charge is -2.09. The Morgan fingerprint density at radius 1 is 1.62 bits per heavy atom. The van der Waals surface area contributed by atoms with Crippen LogP contribution in [-0.2, 0) is 16.1 Å². The summed E-state index contributed by atoms with van der Waals surface area (Å²) in [7, 11) is 0. The molecular weight excluding hydrogens is 204 g/mol. The molecule has 0 amide bonds. The number of pyridine rings is 1. The van der Waals surface area contributed by atoms with E-state index >= 15 is 0 Å². The predicted molar refractivity (Wildman–Crippen MR) is 60.8 cm³/mol. The molecule has 1 unspecified atom stereocenters. The normalized spacial score (nSPS) is 19.9. The Morgan fingerprint density at radius 2 is 2.50 bits per heavy atom. The third kappa shape index (κ3) is 2.87. The van der Waals surface area contributed by atoms with Crippen molar-refractivity contribution in [2.75, 3.05) is 13.2 Å². The van der Waals surface area contributed by atoms with Crippen molar-refractivity contribution in [3.63, 3.8) is 0 Å². The van der Waals surface area contributed by atoms with Crippen LogP contribution in [0.5, 0.6) is 0 Å². The summed E-state index contributed by atoms with van der Waals surface area (Å²) in [5.41, 5.74) is 2.06. The van der Waals surface area contributed by atoms with Crippen molar-refractivity contribution in [2.24, 2.45) is 0 Å². The van der Waals surface area contributed by atoms with Gasteiger partial charge in [-0.15, -0.1) is 0 Å². The molecule has 0 saturated carbocycles. The highest BCUT2D eigenvalue weighted by molar-refractivity contribution is 5.94. The molecule has 1 N–H and O–H groups in total. The molecule has 0 spiro atoms. The average molecular weight is 220 g/mol. The lowest BCUT2D eigenvalue weighted by atomic mass is 10.2. The summed E-state index contributed by atoms with van der Waals surface area (Å²) >= 11 is 0. The Morgan fingerprint density at radius 3 is 3.19 bits per heavy atom. The molecule has 2 heterocycles. The van der Waals surface area contributed by atoms with Gasteiger partial charge in [0.15, 0.2) is 0 Å². The van der Waals surface area contributed by atoms with E-state index in [-0.39, 0.29) is 6.10 Å². The van der Waals surface area contributed by atoms with E-state index in [1.165, 1.54) is 0 Å². The first-order valence-electron chi connectivity index (χ1n) is 5.46. The molecule has 0 aromatic carbocycles. The minimum Gasteiger partial charge on any atom is -0.379 e. The second-order valence-corrected chi connectivity index (χ2v) is 3.94. The van der Waals surface area contributed by atoms with Crippen molar-refractivity contribution >= 4 is 5.71 Å². The maximum absolute atomic E-state index is 7.51.